The number of hydrogen-bond acceptors (Lipinski definition) is 1. The largest absolute Gasteiger partial charge is 0.497 e. The van der Waals surface area contributed by atoms with Crippen LogP contribution >= 0.6 is 0 Å². The normalized spacial score (nSPS) is 10.8. The van der Waals surface area contributed by atoms with Crippen molar-refractivity contribution < 1.29 is 13.5 Å². The highest BCUT2D eigenvalue weighted by atomic mass is 19.1. The summed E-state index contributed by atoms with van der Waals surface area (Å²) < 4.78 is 33.9. The summed E-state index contributed by atoms with van der Waals surface area (Å²) in [5, 5.41) is 1.65. The van der Waals surface area contributed by atoms with Gasteiger partial charge in [-0.25, -0.2) is 8.78 Å². The fourth-order valence-electron chi connectivity index (χ4n) is 2.74. The summed E-state index contributed by atoms with van der Waals surface area (Å²) in [4.78, 5) is 0. The Morgan fingerprint density at radius 1 is 1.00 bits per heavy atom. The Kier molecular flexibility index (Phi) is 3.87. The lowest BCUT2D eigenvalue weighted by molar-refractivity contribution is 0.371. The van der Waals surface area contributed by atoms with Crippen LogP contribution in [0.25, 0.3) is 27.7 Å². The number of hydrogen-bond donors (Lipinski definition) is 0. The van der Waals surface area contributed by atoms with Crippen molar-refractivity contribution in [1.29, 1.82) is 0 Å². The van der Waals surface area contributed by atoms with Crippen LogP contribution in [0.2, 0.25) is 0 Å². The van der Waals surface area contributed by atoms with Gasteiger partial charge in [0.25, 0.3) is 0 Å². The van der Waals surface area contributed by atoms with Crippen molar-refractivity contribution in [3.8, 4) is 11.1 Å². The fraction of sp³-hybridized carbons (Fsp3) is 0.100. The van der Waals surface area contributed by atoms with Crippen molar-refractivity contribution in [2.75, 3.05) is 7.11 Å². The minimum Gasteiger partial charge on any atom is -0.497 e. The van der Waals surface area contributed by atoms with E-state index in [1.54, 1.807) is 19.1 Å². The number of methoxy groups -OCH3 is 1. The average molecular weight is 310 g/mol. The van der Waals surface area contributed by atoms with Crippen LogP contribution in [0.3, 0.4) is 0 Å². The van der Waals surface area contributed by atoms with Crippen LogP contribution in [0.4, 0.5) is 8.78 Å². The van der Waals surface area contributed by atoms with Crippen molar-refractivity contribution in [2.45, 2.75) is 6.92 Å². The van der Waals surface area contributed by atoms with E-state index in [1.165, 1.54) is 19.2 Å². The molecule has 0 atom stereocenters. The fourth-order valence-corrected chi connectivity index (χ4v) is 2.74. The molecule has 0 fully saturated rings. The van der Waals surface area contributed by atoms with Crippen LogP contribution in [0, 0.1) is 18.6 Å². The zero-order valence-corrected chi connectivity index (χ0v) is 13.0. The molecule has 0 bridgehead atoms. The summed E-state index contributed by atoms with van der Waals surface area (Å²) in [7, 11) is 1.54. The van der Waals surface area contributed by atoms with Gasteiger partial charge >= 0.3 is 0 Å². The van der Waals surface area contributed by atoms with Gasteiger partial charge in [0.1, 0.15) is 17.4 Å². The van der Waals surface area contributed by atoms with E-state index in [0.29, 0.717) is 16.9 Å². The summed E-state index contributed by atoms with van der Waals surface area (Å²) in [6.07, 6.45) is 0. The lowest BCUT2D eigenvalue weighted by Gasteiger charge is -2.12. The van der Waals surface area contributed by atoms with Crippen molar-refractivity contribution in [1.82, 2.24) is 0 Å². The monoisotopic (exact) mass is 310 g/mol. The van der Waals surface area contributed by atoms with E-state index in [1.807, 2.05) is 24.3 Å². The third-order valence-corrected chi connectivity index (χ3v) is 3.91. The lowest BCUT2D eigenvalue weighted by atomic mass is 9.95. The molecule has 3 heteroatoms. The number of fused-ring (bicyclic) bond motifs is 1. The summed E-state index contributed by atoms with van der Waals surface area (Å²) >= 11 is 0. The van der Waals surface area contributed by atoms with Gasteiger partial charge in [-0.3, -0.25) is 0 Å². The second-order valence-corrected chi connectivity index (χ2v) is 5.47. The molecule has 3 aromatic rings. The van der Waals surface area contributed by atoms with Gasteiger partial charge in [-0.05, 0) is 47.0 Å². The van der Waals surface area contributed by atoms with E-state index in [9.17, 15) is 8.78 Å². The van der Waals surface area contributed by atoms with Gasteiger partial charge in [-0.15, -0.1) is 0 Å². The standard InChI is InChI=1S/C20H16F2O/c1-12-9-18(21)20(19(22)10-12)16-6-4-5-14-7-8-15(11-17(14)16)13(2)23-3/h4-11H,2H2,1,3H3. The molecular formula is C20H16F2O. The molecule has 3 aromatic carbocycles. The first-order valence-corrected chi connectivity index (χ1v) is 7.23. The molecule has 0 spiro atoms. The highest BCUT2D eigenvalue weighted by molar-refractivity contribution is 5.98. The number of aryl methyl sites for hydroxylation is 1. The van der Waals surface area contributed by atoms with Gasteiger partial charge in [0.15, 0.2) is 0 Å². The molecule has 23 heavy (non-hydrogen) atoms. The minimum atomic E-state index is -0.564. The zero-order chi connectivity index (χ0) is 16.6. The van der Waals surface area contributed by atoms with Gasteiger partial charge < -0.3 is 4.74 Å². The maximum absolute atomic E-state index is 14.4. The molecule has 0 radical (unpaired) electrons. The predicted octanol–water partition coefficient (Wildman–Crippen LogP) is 5.71. The topological polar surface area (TPSA) is 9.23 Å². The van der Waals surface area contributed by atoms with Crippen molar-refractivity contribution >= 4 is 16.5 Å². The zero-order valence-electron chi connectivity index (χ0n) is 13.0. The minimum absolute atomic E-state index is 0.0126. The first-order valence-electron chi connectivity index (χ1n) is 7.23. The molecule has 0 aromatic heterocycles. The van der Waals surface area contributed by atoms with E-state index in [2.05, 4.69) is 6.58 Å². The van der Waals surface area contributed by atoms with Crippen molar-refractivity contribution in [3.63, 3.8) is 0 Å². The van der Waals surface area contributed by atoms with E-state index in [-0.39, 0.29) is 5.56 Å². The second-order valence-electron chi connectivity index (χ2n) is 5.47. The maximum atomic E-state index is 14.4. The molecule has 0 saturated heterocycles. The summed E-state index contributed by atoms with van der Waals surface area (Å²) in [5.41, 5.74) is 1.84. The number of halogens is 2. The molecule has 0 aliphatic carbocycles. The number of benzene rings is 3. The van der Waals surface area contributed by atoms with Crippen molar-refractivity contribution in [3.05, 3.63) is 77.9 Å². The van der Waals surface area contributed by atoms with E-state index >= 15 is 0 Å². The van der Waals surface area contributed by atoms with Crippen LogP contribution < -0.4 is 0 Å². The predicted molar refractivity (Wildman–Crippen MR) is 90.1 cm³/mol. The van der Waals surface area contributed by atoms with Gasteiger partial charge in [0.05, 0.1) is 12.7 Å². The molecule has 0 heterocycles. The lowest BCUT2D eigenvalue weighted by Crippen LogP contribution is -1.94. The Labute approximate surface area is 133 Å². The smallest absolute Gasteiger partial charge is 0.134 e. The molecule has 116 valence electrons. The summed E-state index contributed by atoms with van der Waals surface area (Å²) in [6.45, 7) is 5.50. The molecule has 0 N–H and O–H groups in total. The number of ether oxygens (including phenoxy) is 1. The molecule has 3 rings (SSSR count). The Bertz CT molecular complexity index is 890. The van der Waals surface area contributed by atoms with Crippen LogP contribution in [-0.4, -0.2) is 7.11 Å². The highest BCUT2D eigenvalue weighted by Crippen LogP contribution is 2.34. The molecule has 0 aliphatic rings. The SMILES string of the molecule is C=C(OC)c1ccc2cccc(-c3c(F)cc(C)cc3F)c2c1. The van der Waals surface area contributed by atoms with Crippen LogP contribution in [0.5, 0.6) is 0 Å². The molecule has 1 nitrogen and oxygen atoms in total. The quantitative estimate of drug-likeness (QED) is 0.563. The molecule has 0 unspecified atom stereocenters. The van der Waals surface area contributed by atoms with Crippen LogP contribution in [0.1, 0.15) is 11.1 Å². The molecule has 0 amide bonds. The first kappa shape index (κ1) is 15.2. The first-order chi connectivity index (χ1) is 11.0. The van der Waals surface area contributed by atoms with Crippen molar-refractivity contribution in [2.24, 2.45) is 0 Å². The molecule has 0 aliphatic heterocycles. The van der Waals surface area contributed by atoms with Gasteiger partial charge in [-0.1, -0.05) is 36.9 Å². The summed E-state index contributed by atoms with van der Waals surface area (Å²) in [5.74, 6) is -0.622. The molecular weight excluding hydrogens is 294 g/mol. The van der Waals surface area contributed by atoms with Crippen LogP contribution in [-0.2, 0) is 4.74 Å². The Morgan fingerprint density at radius 3 is 2.35 bits per heavy atom. The van der Waals surface area contributed by atoms with E-state index < -0.39 is 11.6 Å². The van der Waals surface area contributed by atoms with E-state index in [4.69, 9.17) is 4.74 Å². The second kappa shape index (κ2) is 5.84. The third kappa shape index (κ3) is 2.70. The Balaban J connectivity index is 2.32. The molecule has 0 saturated carbocycles. The summed E-state index contributed by atoms with van der Waals surface area (Å²) in [6, 6.07) is 13.7. The third-order valence-electron chi connectivity index (χ3n) is 3.91. The maximum Gasteiger partial charge on any atom is 0.134 e. The van der Waals surface area contributed by atoms with Gasteiger partial charge in [0, 0.05) is 5.56 Å². The highest BCUT2D eigenvalue weighted by Gasteiger charge is 2.15. The van der Waals surface area contributed by atoms with Gasteiger partial charge in [0.2, 0.25) is 0 Å². The number of rotatable bonds is 3. The average Bonchev–Trinajstić information content (AvgIpc) is 2.53. The Morgan fingerprint density at radius 2 is 1.70 bits per heavy atom. The van der Waals surface area contributed by atoms with Crippen LogP contribution in [0.15, 0.2) is 55.1 Å². The van der Waals surface area contributed by atoms with E-state index in [0.717, 1.165) is 16.3 Å². The Hall–Kier alpha value is -2.68. The van der Waals surface area contributed by atoms with Gasteiger partial charge in [-0.2, -0.15) is 0 Å².